The molecule has 0 fully saturated rings. The Morgan fingerprint density at radius 2 is 1.43 bits per heavy atom. The van der Waals surface area contributed by atoms with E-state index in [0.717, 1.165) is 0 Å². The average molecular weight is 313 g/mol. The zero-order valence-corrected chi connectivity index (χ0v) is 11.5. The van der Waals surface area contributed by atoms with E-state index in [1.165, 1.54) is 0 Å². The lowest BCUT2D eigenvalue weighted by Crippen LogP contribution is -2.38. The van der Waals surface area contributed by atoms with Crippen molar-refractivity contribution < 1.29 is 31.8 Å². The van der Waals surface area contributed by atoms with Crippen LogP contribution in [0.2, 0.25) is 0 Å². The summed E-state index contributed by atoms with van der Waals surface area (Å²) in [5.74, 6) is -11.7. The number of nitrogens with one attached hydrogen (secondary N) is 1. The van der Waals surface area contributed by atoms with Crippen molar-refractivity contribution in [3.63, 3.8) is 0 Å². The van der Waals surface area contributed by atoms with Crippen molar-refractivity contribution in [1.82, 2.24) is 5.32 Å². The fraction of sp³-hybridized carbons (Fsp3) is 0.538. The summed E-state index contributed by atoms with van der Waals surface area (Å²) >= 11 is 0. The molecule has 1 unspecified atom stereocenters. The molecular formula is C13H16F5NO2. The number of ether oxygens (including phenoxy) is 1. The number of hydrogen-bond acceptors (Lipinski definition) is 3. The molecule has 0 aromatic heterocycles. The van der Waals surface area contributed by atoms with Gasteiger partial charge in [-0.25, -0.2) is 13.2 Å². The van der Waals surface area contributed by atoms with E-state index in [2.05, 4.69) is 10.1 Å². The van der Waals surface area contributed by atoms with Gasteiger partial charge in [-0.2, -0.15) is 8.78 Å². The first-order chi connectivity index (χ1) is 9.79. The quantitative estimate of drug-likeness (QED) is 0.462. The SMILES string of the molecule is CC(C)NC(CO)CCOc1c(F)c(F)c(F)c(F)c1F. The summed E-state index contributed by atoms with van der Waals surface area (Å²) in [6.07, 6.45) is 0.133. The standard InChI is InChI=1S/C13H16F5NO2/c1-6(2)19-7(5-20)3-4-21-13-11(17)9(15)8(14)10(16)12(13)18/h6-7,19-20H,3-5H2,1-2H3. The Morgan fingerprint density at radius 1 is 0.952 bits per heavy atom. The van der Waals surface area contributed by atoms with Crippen LogP contribution in [0.3, 0.4) is 0 Å². The van der Waals surface area contributed by atoms with Crippen LogP contribution in [0.5, 0.6) is 5.75 Å². The van der Waals surface area contributed by atoms with Gasteiger partial charge in [-0.3, -0.25) is 0 Å². The van der Waals surface area contributed by atoms with Gasteiger partial charge in [-0.15, -0.1) is 0 Å². The van der Waals surface area contributed by atoms with E-state index >= 15 is 0 Å². The van der Waals surface area contributed by atoms with Gasteiger partial charge < -0.3 is 15.2 Å². The first-order valence-electron chi connectivity index (χ1n) is 6.30. The molecule has 0 aliphatic carbocycles. The van der Waals surface area contributed by atoms with Crippen molar-refractivity contribution in [2.45, 2.75) is 32.4 Å². The van der Waals surface area contributed by atoms with Crippen LogP contribution in [0.25, 0.3) is 0 Å². The maximum Gasteiger partial charge on any atom is 0.206 e. The molecule has 0 amide bonds. The maximum atomic E-state index is 13.3. The summed E-state index contributed by atoms with van der Waals surface area (Å²) in [5.41, 5.74) is 0. The van der Waals surface area contributed by atoms with Gasteiger partial charge in [0.15, 0.2) is 5.75 Å². The number of halogens is 5. The molecule has 0 aliphatic heterocycles. The summed E-state index contributed by atoms with van der Waals surface area (Å²) in [5, 5.41) is 12.0. The number of aliphatic hydroxyl groups is 1. The summed E-state index contributed by atoms with van der Waals surface area (Å²) in [4.78, 5) is 0. The fourth-order valence-electron chi connectivity index (χ4n) is 1.71. The number of aliphatic hydroxyl groups excluding tert-OH is 1. The van der Waals surface area contributed by atoms with Crippen molar-refractivity contribution in [2.24, 2.45) is 0 Å². The van der Waals surface area contributed by atoms with Gasteiger partial charge in [0, 0.05) is 12.1 Å². The highest BCUT2D eigenvalue weighted by molar-refractivity contribution is 5.29. The predicted octanol–water partition coefficient (Wildman–Crippen LogP) is 2.51. The van der Waals surface area contributed by atoms with Gasteiger partial charge in [-0.1, -0.05) is 13.8 Å². The molecule has 1 rings (SSSR count). The zero-order valence-electron chi connectivity index (χ0n) is 11.5. The molecule has 1 atom stereocenters. The number of hydrogen-bond donors (Lipinski definition) is 2. The highest BCUT2D eigenvalue weighted by Crippen LogP contribution is 2.29. The van der Waals surface area contributed by atoms with Crippen LogP contribution in [0.15, 0.2) is 0 Å². The fourth-order valence-corrected chi connectivity index (χ4v) is 1.71. The smallest absolute Gasteiger partial charge is 0.206 e. The highest BCUT2D eigenvalue weighted by Gasteiger charge is 2.27. The van der Waals surface area contributed by atoms with E-state index in [0.29, 0.717) is 0 Å². The second kappa shape index (κ2) is 7.56. The van der Waals surface area contributed by atoms with Gasteiger partial charge in [0.2, 0.25) is 29.1 Å². The average Bonchev–Trinajstić information content (AvgIpc) is 2.45. The summed E-state index contributed by atoms with van der Waals surface area (Å²) < 4.78 is 70.0. The second-order valence-electron chi connectivity index (χ2n) is 4.74. The topological polar surface area (TPSA) is 41.5 Å². The molecule has 0 spiro atoms. The van der Waals surface area contributed by atoms with E-state index in [1.807, 2.05) is 13.8 Å². The molecular weight excluding hydrogens is 297 g/mol. The lowest BCUT2D eigenvalue weighted by atomic mass is 10.2. The van der Waals surface area contributed by atoms with Crippen molar-refractivity contribution in [3.8, 4) is 5.75 Å². The molecule has 0 saturated heterocycles. The summed E-state index contributed by atoms with van der Waals surface area (Å²) in [7, 11) is 0. The Morgan fingerprint density at radius 3 is 1.86 bits per heavy atom. The van der Waals surface area contributed by atoms with Crippen molar-refractivity contribution in [3.05, 3.63) is 29.1 Å². The molecule has 120 valence electrons. The van der Waals surface area contributed by atoms with Crippen LogP contribution in [0.1, 0.15) is 20.3 Å². The molecule has 0 radical (unpaired) electrons. The largest absolute Gasteiger partial charge is 0.487 e. The lowest BCUT2D eigenvalue weighted by molar-refractivity contribution is 0.194. The Labute approximate surface area is 118 Å². The normalized spacial score (nSPS) is 12.8. The van der Waals surface area contributed by atoms with E-state index < -0.39 is 40.9 Å². The molecule has 1 aromatic rings. The lowest BCUT2D eigenvalue weighted by Gasteiger charge is -2.19. The van der Waals surface area contributed by atoms with Crippen LogP contribution < -0.4 is 10.1 Å². The van der Waals surface area contributed by atoms with Crippen LogP contribution in [0.4, 0.5) is 22.0 Å². The maximum absolute atomic E-state index is 13.3. The molecule has 0 aliphatic rings. The second-order valence-corrected chi connectivity index (χ2v) is 4.74. The minimum Gasteiger partial charge on any atom is -0.487 e. The van der Waals surface area contributed by atoms with Crippen LogP contribution >= 0.6 is 0 Å². The summed E-state index contributed by atoms with van der Waals surface area (Å²) in [6, 6.07) is -0.359. The Kier molecular flexibility index (Phi) is 6.35. The Bertz CT molecular complexity index is 467. The predicted molar refractivity (Wildman–Crippen MR) is 65.5 cm³/mol. The zero-order chi connectivity index (χ0) is 16.2. The molecule has 8 heteroatoms. The van der Waals surface area contributed by atoms with Crippen LogP contribution in [-0.2, 0) is 0 Å². The summed E-state index contributed by atoms with van der Waals surface area (Å²) in [6.45, 7) is 3.09. The van der Waals surface area contributed by atoms with Gasteiger partial charge in [0.1, 0.15) is 0 Å². The first kappa shape index (κ1) is 17.6. The Balaban J connectivity index is 2.76. The molecule has 21 heavy (non-hydrogen) atoms. The van der Waals surface area contributed by atoms with E-state index in [4.69, 9.17) is 5.11 Å². The number of rotatable bonds is 7. The third-order valence-corrected chi connectivity index (χ3v) is 2.67. The van der Waals surface area contributed by atoms with Gasteiger partial charge >= 0.3 is 0 Å². The number of benzene rings is 1. The Hall–Kier alpha value is -1.41. The van der Waals surface area contributed by atoms with Crippen molar-refractivity contribution in [1.29, 1.82) is 0 Å². The third-order valence-electron chi connectivity index (χ3n) is 2.67. The monoisotopic (exact) mass is 313 g/mol. The van der Waals surface area contributed by atoms with Gasteiger partial charge in [-0.05, 0) is 6.42 Å². The molecule has 0 saturated carbocycles. The first-order valence-corrected chi connectivity index (χ1v) is 6.30. The van der Waals surface area contributed by atoms with E-state index in [9.17, 15) is 22.0 Å². The molecule has 0 heterocycles. The minimum absolute atomic E-state index is 0.0522. The van der Waals surface area contributed by atoms with Crippen LogP contribution in [0, 0.1) is 29.1 Å². The molecule has 3 nitrogen and oxygen atoms in total. The van der Waals surface area contributed by atoms with Crippen molar-refractivity contribution >= 4 is 0 Å². The van der Waals surface area contributed by atoms with Crippen molar-refractivity contribution in [2.75, 3.05) is 13.2 Å². The van der Waals surface area contributed by atoms with Gasteiger partial charge in [0.25, 0.3) is 0 Å². The minimum atomic E-state index is -2.23. The molecule has 1 aromatic carbocycles. The van der Waals surface area contributed by atoms with E-state index in [-0.39, 0.29) is 25.7 Å². The molecule has 0 bridgehead atoms. The van der Waals surface area contributed by atoms with Gasteiger partial charge in [0.05, 0.1) is 13.2 Å². The third kappa shape index (κ3) is 4.28. The highest BCUT2D eigenvalue weighted by atomic mass is 19.2. The molecule has 2 N–H and O–H groups in total. The van der Waals surface area contributed by atoms with E-state index in [1.54, 1.807) is 0 Å². The van der Waals surface area contributed by atoms with Crippen LogP contribution in [-0.4, -0.2) is 30.4 Å².